The standard InChI is InChI=1S/C15H10ClF2NO2/c16-10(6-9-2-1-3-11(17)14(9)18)8-4-5-12-13(7-8)21-15(20)19-12/h1-5,7,10H,6H2,(H,19,20). The normalized spacial score (nSPS) is 12.7. The summed E-state index contributed by atoms with van der Waals surface area (Å²) in [5, 5.41) is -0.564. The maximum atomic E-state index is 13.6. The molecule has 6 heteroatoms. The number of oxazole rings is 1. The Morgan fingerprint density at radius 2 is 2.05 bits per heavy atom. The second-order valence-electron chi connectivity index (χ2n) is 4.65. The van der Waals surface area contributed by atoms with Gasteiger partial charge in [0.1, 0.15) is 0 Å². The minimum atomic E-state index is -0.900. The van der Waals surface area contributed by atoms with Crippen molar-refractivity contribution in [2.45, 2.75) is 11.8 Å². The van der Waals surface area contributed by atoms with E-state index in [0.717, 1.165) is 6.07 Å². The molecule has 21 heavy (non-hydrogen) atoms. The van der Waals surface area contributed by atoms with E-state index in [2.05, 4.69) is 4.98 Å². The lowest BCUT2D eigenvalue weighted by molar-refractivity contribution is 0.498. The lowest BCUT2D eigenvalue weighted by Gasteiger charge is -2.10. The quantitative estimate of drug-likeness (QED) is 0.745. The Morgan fingerprint density at radius 1 is 1.24 bits per heavy atom. The topological polar surface area (TPSA) is 46.0 Å². The lowest BCUT2D eigenvalue weighted by Crippen LogP contribution is -2.00. The van der Waals surface area contributed by atoms with Gasteiger partial charge >= 0.3 is 5.76 Å². The van der Waals surface area contributed by atoms with Gasteiger partial charge in [0.2, 0.25) is 0 Å². The molecule has 2 aromatic carbocycles. The van der Waals surface area contributed by atoms with Crippen LogP contribution < -0.4 is 5.76 Å². The van der Waals surface area contributed by atoms with Gasteiger partial charge in [0.25, 0.3) is 0 Å². The van der Waals surface area contributed by atoms with Crippen molar-refractivity contribution < 1.29 is 13.2 Å². The summed E-state index contributed by atoms with van der Waals surface area (Å²) >= 11 is 6.25. The molecule has 1 aromatic heterocycles. The molecule has 1 heterocycles. The molecule has 0 aliphatic carbocycles. The van der Waals surface area contributed by atoms with Gasteiger partial charge < -0.3 is 4.42 Å². The number of benzene rings is 2. The Hall–Kier alpha value is -2.14. The number of aromatic amines is 1. The van der Waals surface area contributed by atoms with Gasteiger partial charge in [-0.15, -0.1) is 11.6 Å². The van der Waals surface area contributed by atoms with Crippen LogP contribution in [-0.2, 0) is 6.42 Å². The molecule has 3 rings (SSSR count). The highest BCUT2D eigenvalue weighted by Crippen LogP contribution is 2.28. The zero-order valence-electron chi connectivity index (χ0n) is 10.7. The maximum absolute atomic E-state index is 13.6. The van der Waals surface area contributed by atoms with E-state index in [4.69, 9.17) is 16.0 Å². The Morgan fingerprint density at radius 3 is 2.86 bits per heavy atom. The Kier molecular flexibility index (Phi) is 3.51. The van der Waals surface area contributed by atoms with Crippen molar-refractivity contribution in [3.8, 4) is 0 Å². The van der Waals surface area contributed by atoms with Gasteiger partial charge in [-0.3, -0.25) is 4.98 Å². The van der Waals surface area contributed by atoms with Crippen LogP contribution in [0.2, 0.25) is 0 Å². The van der Waals surface area contributed by atoms with Crippen molar-refractivity contribution in [2.75, 3.05) is 0 Å². The molecule has 0 aliphatic heterocycles. The van der Waals surface area contributed by atoms with E-state index in [1.807, 2.05) is 0 Å². The second kappa shape index (κ2) is 5.33. The number of aromatic nitrogens is 1. The van der Waals surface area contributed by atoms with E-state index in [1.165, 1.54) is 12.1 Å². The number of rotatable bonds is 3. The van der Waals surface area contributed by atoms with Crippen LogP contribution in [0.1, 0.15) is 16.5 Å². The Balaban J connectivity index is 1.91. The second-order valence-corrected chi connectivity index (χ2v) is 5.18. The summed E-state index contributed by atoms with van der Waals surface area (Å²) in [6, 6.07) is 8.97. The number of hydrogen-bond donors (Lipinski definition) is 1. The highest BCUT2D eigenvalue weighted by Gasteiger charge is 2.15. The zero-order chi connectivity index (χ0) is 15.0. The lowest BCUT2D eigenvalue weighted by atomic mass is 10.0. The van der Waals surface area contributed by atoms with Crippen LogP contribution in [-0.4, -0.2) is 4.98 Å². The van der Waals surface area contributed by atoms with Crippen LogP contribution >= 0.6 is 11.6 Å². The third kappa shape index (κ3) is 2.69. The fourth-order valence-corrected chi connectivity index (χ4v) is 2.48. The molecular formula is C15H10ClF2NO2. The van der Waals surface area contributed by atoms with Crippen LogP contribution in [0.25, 0.3) is 11.1 Å². The minimum absolute atomic E-state index is 0.130. The molecule has 0 bridgehead atoms. The molecule has 0 saturated heterocycles. The van der Waals surface area contributed by atoms with Gasteiger partial charge in [-0.05, 0) is 35.7 Å². The van der Waals surface area contributed by atoms with E-state index >= 15 is 0 Å². The molecule has 0 amide bonds. The third-order valence-electron chi connectivity index (χ3n) is 3.24. The van der Waals surface area contributed by atoms with E-state index < -0.39 is 22.8 Å². The summed E-state index contributed by atoms with van der Waals surface area (Å²) < 4.78 is 31.8. The summed E-state index contributed by atoms with van der Waals surface area (Å²) in [5.74, 6) is -2.34. The van der Waals surface area contributed by atoms with Gasteiger partial charge in [-0.1, -0.05) is 18.2 Å². The number of H-pyrrole nitrogens is 1. The van der Waals surface area contributed by atoms with E-state index in [0.29, 0.717) is 16.7 Å². The highest BCUT2D eigenvalue weighted by molar-refractivity contribution is 6.21. The van der Waals surface area contributed by atoms with Gasteiger partial charge in [-0.25, -0.2) is 13.6 Å². The van der Waals surface area contributed by atoms with Crippen molar-refractivity contribution in [1.82, 2.24) is 4.98 Å². The molecular weight excluding hydrogens is 300 g/mol. The fraction of sp³-hybridized carbons (Fsp3) is 0.133. The molecule has 0 fully saturated rings. The number of hydrogen-bond acceptors (Lipinski definition) is 2. The molecule has 1 unspecified atom stereocenters. The molecule has 1 atom stereocenters. The zero-order valence-corrected chi connectivity index (χ0v) is 11.5. The first kappa shape index (κ1) is 13.8. The van der Waals surface area contributed by atoms with Gasteiger partial charge in [0.15, 0.2) is 17.2 Å². The fourth-order valence-electron chi connectivity index (χ4n) is 2.17. The maximum Gasteiger partial charge on any atom is 0.417 e. The highest BCUT2D eigenvalue weighted by atomic mass is 35.5. The van der Waals surface area contributed by atoms with E-state index in [1.54, 1.807) is 18.2 Å². The molecule has 0 spiro atoms. The third-order valence-corrected chi connectivity index (χ3v) is 3.64. The van der Waals surface area contributed by atoms with Crippen molar-refractivity contribution in [1.29, 1.82) is 0 Å². The summed E-state index contributed by atoms with van der Waals surface area (Å²) in [4.78, 5) is 13.6. The van der Waals surface area contributed by atoms with Gasteiger partial charge in [0.05, 0.1) is 10.9 Å². The number of fused-ring (bicyclic) bond motifs is 1. The average Bonchev–Trinajstić information content (AvgIpc) is 2.82. The molecule has 1 N–H and O–H groups in total. The molecule has 3 aromatic rings. The first-order valence-corrected chi connectivity index (χ1v) is 6.68. The van der Waals surface area contributed by atoms with Crippen LogP contribution in [0.3, 0.4) is 0 Å². The molecule has 3 nitrogen and oxygen atoms in total. The van der Waals surface area contributed by atoms with E-state index in [-0.39, 0.29) is 12.0 Å². The first-order valence-electron chi connectivity index (χ1n) is 6.24. The first-order chi connectivity index (χ1) is 10.0. The average molecular weight is 310 g/mol. The number of halogens is 3. The minimum Gasteiger partial charge on any atom is -0.408 e. The number of alkyl halides is 1. The van der Waals surface area contributed by atoms with Crippen LogP contribution in [0.4, 0.5) is 8.78 Å². The van der Waals surface area contributed by atoms with Crippen molar-refractivity contribution >= 4 is 22.7 Å². The Bertz CT molecular complexity index is 856. The van der Waals surface area contributed by atoms with Crippen LogP contribution in [0.5, 0.6) is 0 Å². The molecule has 0 radical (unpaired) electrons. The predicted octanol–water partition coefficient (Wildman–Crippen LogP) is 3.92. The van der Waals surface area contributed by atoms with Crippen molar-refractivity contribution in [2.24, 2.45) is 0 Å². The van der Waals surface area contributed by atoms with E-state index in [9.17, 15) is 13.6 Å². The van der Waals surface area contributed by atoms with Gasteiger partial charge in [-0.2, -0.15) is 0 Å². The molecule has 0 aliphatic rings. The molecule has 108 valence electrons. The monoisotopic (exact) mass is 309 g/mol. The van der Waals surface area contributed by atoms with Crippen LogP contribution in [0.15, 0.2) is 45.6 Å². The summed E-state index contributed by atoms with van der Waals surface area (Å²) in [6.45, 7) is 0. The molecule has 0 saturated carbocycles. The largest absolute Gasteiger partial charge is 0.417 e. The van der Waals surface area contributed by atoms with Crippen LogP contribution in [0, 0.1) is 11.6 Å². The summed E-state index contributed by atoms with van der Waals surface area (Å²) in [7, 11) is 0. The Labute approximate surface area is 123 Å². The summed E-state index contributed by atoms with van der Waals surface area (Å²) in [6.07, 6.45) is 0.130. The smallest absolute Gasteiger partial charge is 0.408 e. The predicted molar refractivity (Wildman–Crippen MR) is 75.5 cm³/mol. The van der Waals surface area contributed by atoms with Crippen molar-refractivity contribution in [3.63, 3.8) is 0 Å². The number of nitrogens with one attached hydrogen (secondary N) is 1. The SMILES string of the molecule is O=c1[nH]c2ccc(C(Cl)Cc3cccc(F)c3F)cc2o1. The van der Waals surface area contributed by atoms with Gasteiger partial charge in [0, 0.05) is 0 Å². The summed E-state index contributed by atoms with van der Waals surface area (Å²) in [5.41, 5.74) is 1.80. The van der Waals surface area contributed by atoms with Crippen molar-refractivity contribution in [3.05, 3.63) is 69.7 Å².